The first-order chi connectivity index (χ1) is 8.11. The van der Waals surface area contributed by atoms with Gasteiger partial charge >= 0.3 is 6.09 Å². The fourth-order valence-electron chi connectivity index (χ4n) is 1.61. The van der Waals surface area contributed by atoms with Gasteiger partial charge in [0, 0.05) is 7.05 Å². The Kier molecular flexibility index (Phi) is 7.21. The highest BCUT2D eigenvalue weighted by Gasteiger charge is 2.35. The van der Waals surface area contributed by atoms with Crippen LogP contribution in [0.5, 0.6) is 0 Å². The largest absolute Gasteiger partial charge is 0.422 e. The molecule has 2 N–H and O–H groups in total. The van der Waals surface area contributed by atoms with Crippen LogP contribution in [0.1, 0.15) is 39.5 Å². The number of amides is 2. The third kappa shape index (κ3) is 3.85. The van der Waals surface area contributed by atoms with E-state index >= 15 is 0 Å². The van der Waals surface area contributed by atoms with Crippen molar-refractivity contribution in [1.82, 2.24) is 4.90 Å². The van der Waals surface area contributed by atoms with Crippen molar-refractivity contribution in [1.29, 1.82) is 0 Å². The van der Waals surface area contributed by atoms with Gasteiger partial charge in [-0.2, -0.15) is 0 Å². The summed E-state index contributed by atoms with van der Waals surface area (Å²) in [6.07, 6.45) is 2.96. The predicted molar refractivity (Wildman–Crippen MR) is 66.2 cm³/mol. The van der Waals surface area contributed by atoms with Crippen molar-refractivity contribution < 1.29 is 14.3 Å². The second kappa shape index (κ2) is 7.84. The van der Waals surface area contributed by atoms with Crippen molar-refractivity contribution in [2.45, 2.75) is 39.5 Å². The molecular formula is C12H22N2O3. The zero-order valence-electron chi connectivity index (χ0n) is 11.1. The van der Waals surface area contributed by atoms with Crippen LogP contribution in [0.3, 0.4) is 0 Å². The molecule has 1 heterocycles. The Morgan fingerprint density at radius 2 is 1.65 bits per heavy atom. The molecule has 98 valence electrons. The molecule has 1 aliphatic heterocycles. The van der Waals surface area contributed by atoms with E-state index in [1.54, 1.807) is 0 Å². The Morgan fingerprint density at radius 3 is 1.94 bits per heavy atom. The molecule has 0 aromatic heterocycles. The van der Waals surface area contributed by atoms with Gasteiger partial charge in [-0.3, -0.25) is 4.79 Å². The minimum Gasteiger partial charge on any atom is -0.404 e. The van der Waals surface area contributed by atoms with Crippen LogP contribution in [0.4, 0.5) is 4.79 Å². The number of cyclic esters (lactones) is 1. The molecule has 1 rings (SSSR count). The van der Waals surface area contributed by atoms with Crippen LogP contribution in [-0.2, 0) is 9.53 Å². The third-order valence-corrected chi connectivity index (χ3v) is 2.39. The summed E-state index contributed by atoms with van der Waals surface area (Å²) >= 11 is 0. The normalized spacial score (nSPS) is 14.4. The number of nitrogens with two attached hydrogens (primary N) is 1. The first-order valence-corrected chi connectivity index (χ1v) is 5.91. The molecular weight excluding hydrogens is 220 g/mol. The van der Waals surface area contributed by atoms with Gasteiger partial charge in [0.05, 0.1) is 0 Å². The van der Waals surface area contributed by atoms with E-state index in [2.05, 4.69) is 5.73 Å². The Labute approximate surface area is 103 Å². The van der Waals surface area contributed by atoms with Crippen molar-refractivity contribution in [2.24, 2.45) is 5.73 Å². The van der Waals surface area contributed by atoms with E-state index in [-0.39, 0.29) is 11.7 Å². The zero-order valence-corrected chi connectivity index (χ0v) is 11.1. The van der Waals surface area contributed by atoms with E-state index in [1.165, 1.54) is 14.1 Å². The molecule has 0 radical (unpaired) electrons. The second-order valence-corrected chi connectivity index (χ2v) is 3.66. The summed E-state index contributed by atoms with van der Waals surface area (Å²) in [5, 5.41) is 0. The number of carbonyl (C=O) groups is 2. The minimum absolute atomic E-state index is 0.256. The van der Waals surface area contributed by atoms with Crippen LogP contribution < -0.4 is 5.73 Å². The average molecular weight is 242 g/mol. The maximum atomic E-state index is 11.6. The Morgan fingerprint density at radius 1 is 1.18 bits per heavy atom. The Hall–Kier alpha value is -1.36. The molecule has 1 fully saturated rings. The zero-order chi connectivity index (χ0) is 13.4. The molecule has 0 spiro atoms. The van der Waals surface area contributed by atoms with E-state index in [4.69, 9.17) is 4.74 Å². The number of allylic oxidation sites excluding steroid dienone is 1. The van der Waals surface area contributed by atoms with E-state index in [0.29, 0.717) is 0 Å². The highest BCUT2D eigenvalue weighted by molar-refractivity contribution is 6.07. The number of hydrogen-bond acceptors (Lipinski definition) is 4. The second-order valence-electron chi connectivity index (χ2n) is 3.66. The van der Waals surface area contributed by atoms with Crippen molar-refractivity contribution in [3.8, 4) is 0 Å². The quantitative estimate of drug-likeness (QED) is 0.765. The van der Waals surface area contributed by atoms with Crippen molar-refractivity contribution >= 4 is 12.0 Å². The summed E-state index contributed by atoms with van der Waals surface area (Å²) < 4.78 is 4.97. The summed E-state index contributed by atoms with van der Waals surface area (Å²) in [5.41, 5.74) is 5.46. The highest BCUT2D eigenvalue weighted by Crippen LogP contribution is 2.24. The minimum atomic E-state index is -0.570. The number of nitrogens with zero attached hydrogens (tertiary/aromatic N) is 1. The van der Waals surface area contributed by atoms with Crippen LogP contribution in [0.2, 0.25) is 0 Å². The van der Waals surface area contributed by atoms with E-state index < -0.39 is 6.09 Å². The lowest BCUT2D eigenvalue weighted by atomic mass is 10.0. The van der Waals surface area contributed by atoms with E-state index in [0.717, 1.165) is 36.2 Å². The molecule has 5 nitrogen and oxygen atoms in total. The smallest absolute Gasteiger partial charge is 0.404 e. The fraction of sp³-hybridized carbons (Fsp3) is 0.667. The Bertz CT molecular complexity index is 303. The number of ether oxygens (including phenoxy) is 1. The van der Waals surface area contributed by atoms with Gasteiger partial charge in [-0.1, -0.05) is 26.7 Å². The van der Waals surface area contributed by atoms with Crippen LogP contribution in [0.25, 0.3) is 0 Å². The summed E-state index contributed by atoms with van der Waals surface area (Å²) in [6.45, 7) is 4.09. The van der Waals surface area contributed by atoms with Crippen molar-refractivity contribution in [2.75, 3.05) is 14.1 Å². The molecule has 0 atom stereocenters. The standard InChI is InChI=1S/C11H17NO3.CH5N/c1-4-6-8(7-5-2)9-10(13)12(3)11(14)15-9;1-2/h4-7H2,1-3H3;2H2,1H3. The van der Waals surface area contributed by atoms with Gasteiger partial charge in [0.15, 0.2) is 5.76 Å². The highest BCUT2D eigenvalue weighted by atomic mass is 16.6. The number of rotatable bonds is 4. The van der Waals surface area contributed by atoms with Crippen LogP contribution in [0.15, 0.2) is 11.3 Å². The predicted octanol–water partition coefficient (Wildman–Crippen LogP) is 2.02. The van der Waals surface area contributed by atoms with Crippen molar-refractivity contribution in [3.63, 3.8) is 0 Å². The number of hydrogen-bond donors (Lipinski definition) is 1. The molecule has 0 bridgehead atoms. The van der Waals surface area contributed by atoms with Gasteiger partial charge in [-0.05, 0) is 25.5 Å². The fourth-order valence-corrected chi connectivity index (χ4v) is 1.61. The van der Waals surface area contributed by atoms with Crippen LogP contribution >= 0.6 is 0 Å². The average Bonchev–Trinajstić information content (AvgIpc) is 2.59. The molecule has 2 amide bonds. The first kappa shape index (κ1) is 15.6. The number of imide groups is 1. The first-order valence-electron chi connectivity index (χ1n) is 5.91. The maximum absolute atomic E-state index is 11.6. The molecule has 0 saturated carbocycles. The molecule has 1 saturated heterocycles. The number of likely N-dealkylation sites (N-methyl/N-ethyl adjacent to an activating group) is 1. The molecule has 0 aromatic carbocycles. The lowest BCUT2D eigenvalue weighted by molar-refractivity contribution is -0.122. The monoisotopic (exact) mass is 242 g/mol. The van der Waals surface area contributed by atoms with Gasteiger partial charge in [0.2, 0.25) is 0 Å². The maximum Gasteiger partial charge on any atom is 0.422 e. The van der Waals surface area contributed by atoms with Gasteiger partial charge in [-0.25, -0.2) is 9.69 Å². The third-order valence-electron chi connectivity index (χ3n) is 2.39. The van der Waals surface area contributed by atoms with Gasteiger partial charge in [-0.15, -0.1) is 0 Å². The van der Waals surface area contributed by atoms with E-state index in [9.17, 15) is 9.59 Å². The van der Waals surface area contributed by atoms with Crippen LogP contribution in [-0.4, -0.2) is 31.0 Å². The topological polar surface area (TPSA) is 72.6 Å². The van der Waals surface area contributed by atoms with E-state index in [1.807, 2.05) is 13.8 Å². The molecule has 0 aromatic rings. The van der Waals surface area contributed by atoms with Gasteiger partial charge in [0.25, 0.3) is 5.91 Å². The van der Waals surface area contributed by atoms with Gasteiger partial charge in [0.1, 0.15) is 0 Å². The molecule has 0 aliphatic carbocycles. The number of carbonyl (C=O) groups excluding carboxylic acids is 2. The van der Waals surface area contributed by atoms with Crippen molar-refractivity contribution in [3.05, 3.63) is 11.3 Å². The summed E-state index contributed by atoms with van der Waals surface area (Å²) in [7, 11) is 2.94. The summed E-state index contributed by atoms with van der Waals surface area (Å²) in [5.74, 6) is -0.0527. The molecule has 5 heteroatoms. The molecule has 1 aliphatic rings. The van der Waals surface area contributed by atoms with Crippen LogP contribution in [0, 0.1) is 0 Å². The summed E-state index contributed by atoms with van der Waals surface area (Å²) in [4.78, 5) is 23.8. The molecule has 17 heavy (non-hydrogen) atoms. The molecule has 0 unspecified atom stereocenters. The SMILES string of the molecule is CCCC(CCC)=C1OC(=O)N(C)C1=O.CN. The lowest BCUT2D eigenvalue weighted by Crippen LogP contribution is -2.23. The Balaban J connectivity index is 0.00000121. The lowest BCUT2D eigenvalue weighted by Gasteiger charge is -2.05. The van der Waals surface area contributed by atoms with Gasteiger partial charge < -0.3 is 10.5 Å². The summed E-state index contributed by atoms with van der Waals surface area (Å²) in [6, 6.07) is 0.